The SMILES string of the molecule is CO[C@@]1(NC(=O)C(NC=O)C2=CCC=CC2)C(=O)N2C(C(=O)O)=C(CSc3nnnn3C)CSC21. The Bertz CT molecular complexity index is 1150. The molecule has 0 bridgehead atoms. The van der Waals surface area contributed by atoms with Gasteiger partial charge in [0.25, 0.3) is 11.6 Å². The van der Waals surface area contributed by atoms with Crippen LogP contribution < -0.4 is 10.6 Å². The number of carboxylic acid groups (broad SMARTS) is 1. The van der Waals surface area contributed by atoms with E-state index >= 15 is 0 Å². The van der Waals surface area contributed by atoms with Crippen LogP contribution in [0.3, 0.4) is 0 Å². The van der Waals surface area contributed by atoms with Gasteiger partial charge in [-0.05, 0) is 34.4 Å². The Kier molecular flexibility index (Phi) is 7.28. The molecule has 35 heavy (non-hydrogen) atoms. The van der Waals surface area contributed by atoms with Gasteiger partial charge in [-0.25, -0.2) is 9.48 Å². The van der Waals surface area contributed by atoms with Crippen LogP contribution in [0.1, 0.15) is 12.8 Å². The summed E-state index contributed by atoms with van der Waals surface area (Å²) in [6.45, 7) is 0. The number of ether oxygens (including phenoxy) is 1. The second-order valence-electron chi connectivity index (χ2n) is 7.81. The summed E-state index contributed by atoms with van der Waals surface area (Å²) in [6.07, 6.45) is 7.20. The van der Waals surface area contributed by atoms with Crippen molar-refractivity contribution in [3.8, 4) is 0 Å². The number of β-lactam (4-membered cyclic amide) rings is 1. The molecule has 1 aromatic rings. The predicted octanol–water partition coefficient (Wildman–Crippen LogP) is -0.594. The summed E-state index contributed by atoms with van der Waals surface area (Å²) in [7, 11) is 2.94. The first-order valence-electron chi connectivity index (χ1n) is 10.5. The number of methoxy groups -OCH3 is 1. The summed E-state index contributed by atoms with van der Waals surface area (Å²) in [5.74, 6) is -2.02. The van der Waals surface area contributed by atoms with E-state index in [0.717, 1.165) is 4.90 Å². The molecule has 13 nitrogen and oxygen atoms in total. The third-order valence-electron chi connectivity index (χ3n) is 5.80. The van der Waals surface area contributed by atoms with Crippen LogP contribution in [0.4, 0.5) is 0 Å². The fraction of sp³-hybridized carbons (Fsp3) is 0.450. The minimum atomic E-state index is -1.76. The van der Waals surface area contributed by atoms with Crippen molar-refractivity contribution in [2.24, 2.45) is 7.05 Å². The maximum atomic E-state index is 13.3. The molecule has 0 radical (unpaired) electrons. The van der Waals surface area contributed by atoms with Gasteiger partial charge < -0.3 is 20.5 Å². The molecule has 0 aromatic carbocycles. The zero-order chi connectivity index (χ0) is 25.2. The number of carbonyl (C=O) groups is 4. The molecule has 2 aliphatic heterocycles. The van der Waals surface area contributed by atoms with E-state index in [4.69, 9.17) is 4.74 Å². The molecule has 186 valence electrons. The molecule has 3 aliphatic rings. The van der Waals surface area contributed by atoms with Crippen molar-refractivity contribution < 1.29 is 29.0 Å². The van der Waals surface area contributed by atoms with Crippen molar-refractivity contribution >= 4 is 47.7 Å². The van der Waals surface area contributed by atoms with E-state index in [1.807, 2.05) is 18.2 Å². The largest absolute Gasteiger partial charge is 0.477 e. The molecule has 3 heterocycles. The number of carbonyl (C=O) groups excluding carboxylic acids is 3. The maximum Gasteiger partial charge on any atom is 0.352 e. The van der Waals surface area contributed by atoms with Gasteiger partial charge in [0.1, 0.15) is 17.1 Å². The van der Waals surface area contributed by atoms with Gasteiger partial charge in [-0.1, -0.05) is 30.0 Å². The number of nitrogens with zero attached hydrogens (tertiary/aromatic N) is 5. The number of nitrogens with one attached hydrogen (secondary N) is 2. The Morgan fingerprint density at radius 3 is 2.86 bits per heavy atom. The Balaban J connectivity index is 1.55. The van der Waals surface area contributed by atoms with E-state index in [2.05, 4.69) is 26.2 Å². The number of tetrazole rings is 1. The Morgan fingerprint density at radius 2 is 2.26 bits per heavy atom. The number of amides is 3. The number of carboxylic acids is 1. The Labute approximate surface area is 208 Å². The fourth-order valence-corrected chi connectivity index (χ4v) is 6.51. The van der Waals surface area contributed by atoms with Gasteiger partial charge >= 0.3 is 5.97 Å². The lowest BCUT2D eigenvalue weighted by Crippen LogP contribution is -2.81. The number of allylic oxidation sites excluding steroid dienone is 3. The van der Waals surface area contributed by atoms with Crippen LogP contribution in [0.2, 0.25) is 0 Å². The molecule has 1 aromatic heterocycles. The smallest absolute Gasteiger partial charge is 0.352 e. The summed E-state index contributed by atoms with van der Waals surface area (Å²) in [4.78, 5) is 50.9. The van der Waals surface area contributed by atoms with Gasteiger partial charge in [-0.3, -0.25) is 19.3 Å². The van der Waals surface area contributed by atoms with Gasteiger partial charge in [0.15, 0.2) is 0 Å². The molecule has 4 rings (SSSR count). The number of thioether (sulfide) groups is 2. The van der Waals surface area contributed by atoms with Crippen molar-refractivity contribution in [2.45, 2.75) is 35.1 Å². The van der Waals surface area contributed by atoms with Gasteiger partial charge in [-0.2, -0.15) is 0 Å². The maximum absolute atomic E-state index is 13.3. The number of aliphatic carboxylic acids is 1. The van der Waals surface area contributed by atoms with Crippen molar-refractivity contribution in [3.05, 3.63) is 35.1 Å². The summed E-state index contributed by atoms with van der Waals surface area (Å²) in [5.41, 5.74) is -0.698. The highest BCUT2D eigenvalue weighted by molar-refractivity contribution is 8.01. The summed E-state index contributed by atoms with van der Waals surface area (Å²) < 4.78 is 6.96. The fourth-order valence-electron chi connectivity index (χ4n) is 4.08. The zero-order valence-corrected chi connectivity index (χ0v) is 20.5. The van der Waals surface area contributed by atoms with Crippen LogP contribution in [0, 0.1) is 0 Å². The van der Waals surface area contributed by atoms with Crippen LogP contribution in [-0.4, -0.2) is 90.2 Å². The zero-order valence-electron chi connectivity index (χ0n) is 18.8. The first-order valence-corrected chi connectivity index (χ1v) is 12.5. The van der Waals surface area contributed by atoms with Gasteiger partial charge in [-0.15, -0.1) is 16.9 Å². The van der Waals surface area contributed by atoms with Crippen LogP contribution in [0.25, 0.3) is 0 Å². The van der Waals surface area contributed by atoms with E-state index in [9.17, 15) is 24.3 Å². The monoisotopic (exact) mass is 521 g/mol. The molecule has 3 N–H and O–H groups in total. The number of hydrogen-bond donors (Lipinski definition) is 3. The molecule has 0 spiro atoms. The van der Waals surface area contributed by atoms with Crippen LogP contribution >= 0.6 is 23.5 Å². The minimum absolute atomic E-state index is 0.147. The van der Waals surface area contributed by atoms with Crippen molar-refractivity contribution in [2.75, 3.05) is 18.6 Å². The highest BCUT2D eigenvalue weighted by atomic mass is 32.2. The molecule has 3 amide bonds. The van der Waals surface area contributed by atoms with E-state index < -0.39 is 34.9 Å². The van der Waals surface area contributed by atoms with Gasteiger partial charge in [0.05, 0.1) is 0 Å². The van der Waals surface area contributed by atoms with Crippen LogP contribution in [-0.2, 0) is 31.0 Å². The van der Waals surface area contributed by atoms with Gasteiger partial charge in [0.2, 0.25) is 17.5 Å². The standard InChI is InChI=1S/C20H23N7O6S2/c1-26-19(23-24-25-26)35-9-12-8-34-18-20(33-2,17(32)27(18)14(12)16(30)31)22-15(29)13(21-10-28)11-6-4-3-5-7-11/h3-4,7,10,13,18H,5-6,8-9H2,1-2H3,(H,21,28)(H,22,29)(H,30,31)/t13?,18?,20-/m0/s1. The Morgan fingerprint density at radius 1 is 1.46 bits per heavy atom. The van der Waals surface area contributed by atoms with Gasteiger partial charge in [0, 0.05) is 25.7 Å². The number of rotatable bonds is 10. The van der Waals surface area contributed by atoms with E-state index in [1.165, 1.54) is 35.3 Å². The minimum Gasteiger partial charge on any atom is -0.477 e. The second-order valence-corrected chi connectivity index (χ2v) is 9.82. The molecule has 0 saturated carbocycles. The topological polar surface area (TPSA) is 169 Å². The lowest BCUT2D eigenvalue weighted by Gasteiger charge is -2.56. The molecular weight excluding hydrogens is 498 g/mol. The first kappa shape index (κ1) is 24.9. The third kappa shape index (κ3) is 4.46. The molecule has 1 saturated heterocycles. The molecule has 2 unspecified atom stereocenters. The normalized spacial score (nSPS) is 24.3. The Hall–Kier alpha value is -3.17. The van der Waals surface area contributed by atoms with Crippen molar-refractivity contribution in [3.63, 3.8) is 0 Å². The first-order chi connectivity index (χ1) is 16.8. The molecule has 1 aliphatic carbocycles. The highest BCUT2D eigenvalue weighted by Gasteiger charge is 2.66. The number of aryl methyl sites for hydroxylation is 1. The van der Waals surface area contributed by atoms with Crippen LogP contribution in [0.5, 0.6) is 0 Å². The average Bonchev–Trinajstić information content (AvgIpc) is 3.28. The molecular formula is C20H23N7O6S2. The molecule has 15 heteroatoms. The number of hydrogen-bond acceptors (Lipinski definition) is 10. The highest BCUT2D eigenvalue weighted by Crippen LogP contribution is 2.47. The van der Waals surface area contributed by atoms with Crippen LogP contribution in [0.15, 0.2) is 40.2 Å². The van der Waals surface area contributed by atoms with Crippen molar-refractivity contribution in [1.29, 1.82) is 0 Å². The molecule has 3 atom stereocenters. The lowest BCUT2D eigenvalue weighted by atomic mass is 9.95. The second kappa shape index (κ2) is 10.2. The summed E-state index contributed by atoms with van der Waals surface area (Å²) >= 11 is 2.53. The number of aromatic nitrogens is 4. The lowest BCUT2D eigenvalue weighted by molar-refractivity contribution is -0.192. The molecule has 1 fully saturated rings. The van der Waals surface area contributed by atoms with E-state index in [1.54, 1.807) is 7.05 Å². The number of fused-ring (bicyclic) bond motifs is 1. The summed E-state index contributed by atoms with van der Waals surface area (Å²) in [5, 5.41) is 25.9. The van der Waals surface area contributed by atoms with E-state index in [0.29, 0.717) is 41.3 Å². The average molecular weight is 522 g/mol. The predicted molar refractivity (Wildman–Crippen MR) is 125 cm³/mol. The quantitative estimate of drug-likeness (QED) is 0.118. The van der Waals surface area contributed by atoms with Crippen molar-refractivity contribution in [1.82, 2.24) is 35.7 Å². The third-order valence-corrected chi connectivity index (χ3v) is 8.27. The van der Waals surface area contributed by atoms with E-state index in [-0.39, 0.29) is 11.4 Å². The summed E-state index contributed by atoms with van der Waals surface area (Å²) in [6, 6.07) is -0.985.